The van der Waals surface area contributed by atoms with E-state index in [2.05, 4.69) is 15.3 Å². The summed E-state index contributed by atoms with van der Waals surface area (Å²) in [6.07, 6.45) is -2.12. The van der Waals surface area contributed by atoms with Gasteiger partial charge in [0.15, 0.2) is 11.4 Å². The number of thioether (sulfide) groups is 1. The summed E-state index contributed by atoms with van der Waals surface area (Å²) in [6.45, 7) is -0.205. The van der Waals surface area contributed by atoms with Gasteiger partial charge in [-0.1, -0.05) is 48.2 Å². The largest absolute Gasteiger partial charge is 0.471 e. The van der Waals surface area contributed by atoms with E-state index in [-0.39, 0.29) is 31.8 Å². The molecule has 2 amide bonds. The Bertz CT molecular complexity index is 1380. The van der Waals surface area contributed by atoms with E-state index in [0.29, 0.717) is 39.9 Å². The lowest BCUT2D eigenvalue weighted by Crippen LogP contribution is -2.48. The number of hydrogen-bond donors (Lipinski definition) is 2. The first-order valence-electron chi connectivity index (χ1n) is 13.4. The van der Waals surface area contributed by atoms with Gasteiger partial charge >= 0.3 is 12.1 Å². The maximum absolute atomic E-state index is 13.0. The molecule has 0 spiro atoms. The zero-order valence-corrected chi connectivity index (χ0v) is 23.2. The van der Waals surface area contributed by atoms with Gasteiger partial charge in [-0.25, -0.2) is 9.97 Å². The molecule has 222 valence electrons. The van der Waals surface area contributed by atoms with E-state index in [1.807, 2.05) is 24.3 Å². The summed E-state index contributed by atoms with van der Waals surface area (Å²) in [4.78, 5) is 33.8. The minimum atomic E-state index is -5.05. The molecule has 9 nitrogen and oxygen atoms in total. The number of carbonyl (C=O) groups excluding carboxylic acids is 2. The molecule has 1 aromatic heterocycles. The van der Waals surface area contributed by atoms with Crippen molar-refractivity contribution in [1.82, 2.24) is 14.9 Å². The summed E-state index contributed by atoms with van der Waals surface area (Å²) < 4.78 is 51.7. The van der Waals surface area contributed by atoms with Crippen molar-refractivity contribution in [1.29, 1.82) is 0 Å². The second-order valence-electron chi connectivity index (χ2n) is 9.96. The number of alkyl halides is 3. The van der Waals surface area contributed by atoms with Crippen LogP contribution in [-0.2, 0) is 25.7 Å². The van der Waals surface area contributed by atoms with Crippen LogP contribution in [0.3, 0.4) is 0 Å². The summed E-state index contributed by atoms with van der Waals surface area (Å²) in [7, 11) is 0. The number of ether oxygens (including phenoxy) is 2. The molecule has 5 rings (SSSR count). The maximum Gasteiger partial charge on any atom is 0.471 e. The highest BCUT2D eigenvalue weighted by Gasteiger charge is 2.47. The smallest absolute Gasteiger partial charge is 0.392 e. The number of likely N-dealkylation sites (tertiary alicyclic amines) is 1. The average molecular weight is 603 g/mol. The van der Waals surface area contributed by atoms with E-state index in [4.69, 9.17) is 9.47 Å². The Morgan fingerprint density at radius 2 is 1.81 bits per heavy atom. The molecule has 0 bridgehead atoms. The minimum Gasteiger partial charge on any atom is -0.392 e. The predicted octanol–water partition coefficient (Wildman–Crippen LogP) is 4.80. The summed E-state index contributed by atoms with van der Waals surface area (Å²) in [6, 6.07) is 14.7. The van der Waals surface area contributed by atoms with Gasteiger partial charge < -0.3 is 24.8 Å². The van der Waals surface area contributed by atoms with E-state index in [0.717, 1.165) is 11.1 Å². The SMILES string of the molecule is O=C(Nc1cccc([C@H]2O[C@@H](CSc3ncccn3)C[C@@H](c3ccc(CO)cc3)O2)c1)[C@@H]1CCCN1C(=O)C(F)(F)F. The molecule has 0 aliphatic carbocycles. The average Bonchev–Trinajstić information content (AvgIpc) is 3.50. The molecule has 3 heterocycles. The topological polar surface area (TPSA) is 114 Å². The number of halogens is 3. The first kappa shape index (κ1) is 30.0. The first-order valence-corrected chi connectivity index (χ1v) is 14.4. The highest BCUT2D eigenvalue weighted by Crippen LogP contribution is 2.39. The highest BCUT2D eigenvalue weighted by atomic mass is 32.2. The normalized spacial score (nSPS) is 22.6. The van der Waals surface area contributed by atoms with Gasteiger partial charge in [-0.3, -0.25) is 9.59 Å². The first-order chi connectivity index (χ1) is 20.2. The molecule has 0 unspecified atom stereocenters. The molecule has 2 saturated heterocycles. The molecule has 42 heavy (non-hydrogen) atoms. The fourth-order valence-corrected chi connectivity index (χ4v) is 5.80. The molecule has 2 aromatic carbocycles. The van der Waals surface area contributed by atoms with Gasteiger partial charge in [0.1, 0.15) is 6.04 Å². The lowest BCUT2D eigenvalue weighted by atomic mass is 10.0. The standard InChI is InChI=1S/C29H29F3N4O5S/c30-29(31,32)27(39)36-13-2-6-23(36)25(38)35-21-5-1-4-20(14-21)26-40-22(17-42-28-33-11-3-12-34-28)15-24(41-26)19-9-7-18(16-37)8-10-19/h1,3-5,7-12,14,22-24,26,37H,2,6,13,15-17H2,(H,35,38)/t22-,23+,24+,26+/m1/s1. The van der Waals surface area contributed by atoms with Gasteiger partial charge in [-0.15, -0.1) is 0 Å². The number of nitrogens with one attached hydrogen (secondary N) is 1. The predicted molar refractivity (Wildman–Crippen MR) is 147 cm³/mol. The van der Waals surface area contributed by atoms with Gasteiger partial charge in [0.25, 0.3) is 0 Å². The maximum atomic E-state index is 13.0. The van der Waals surface area contributed by atoms with Crippen LogP contribution in [0, 0.1) is 0 Å². The van der Waals surface area contributed by atoms with Crippen molar-refractivity contribution >= 4 is 29.3 Å². The second kappa shape index (κ2) is 13.2. The van der Waals surface area contributed by atoms with Crippen LogP contribution in [-0.4, -0.2) is 62.4 Å². The lowest BCUT2D eigenvalue weighted by Gasteiger charge is -2.36. The Hall–Kier alpha value is -3.52. The van der Waals surface area contributed by atoms with Crippen LogP contribution >= 0.6 is 11.8 Å². The third-order valence-electron chi connectivity index (χ3n) is 7.04. The van der Waals surface area contributed by atoms with E-state index >= 15 is 0 Å². The molecule has 2 N–H and O–H groups in total. The molecular formula is C29H29F3N4O5S. The third kappa shape index (κ3) is 7.27. The molecule has 2 aliphatic heterocycles. The van der Waals surface area contributed by atoms with Crippen LogP contribution in [0.5, 0.6) is 0 Å². The van der Waals surface area contributed by atoms with Crippen molar-refractivity contribution in [2.75, 3.05) is 17.6 Å². The zero-order chi connectivity index (χ0) is 29.7. The minimum absolute atomic E-state index is 0.0740. The van der Waals surface area contributed by atoms with Crippen molar-refractivity contribution in [2.45, 2.75) is 61.7 Å². The van der Waals surface area contributed by atoms with Crippen LogP contribution in [0.1, 0.15) is 48.3 Å². The molecule has 2 aliphatic rings. The number of carbonyl (C=O) groups is 2. The van der Waals surface area contributed by atoms with E-state index in [9.17, 15) is 27.9 Å². The van der Waals surface area contributed by atoms with Gasteiger partial charge in [0, 0.05) is 42.4 Å². The molecular weight excluding hydrogens is 573 g/mol. The highest BCUT2D eigenvalue weighted by molar-refractivity contribution is 7.99. The quantitative estimate of drug-likeness (QED) is 0.279. The van der Waals surface area contributed by atoms with Crippen LogP contribution in [0.4, 0.5) is 18.9 Å². The van der Waals surface area contributed by atoms with Crippen LogP contribution in [0.15, 0.2) is 72.1 Å². The molecule has 0 radical (unpaired) electrons. The van der Waals surface area contributed by atoms with E-state index in [1.165, 1.54) is 11.8 Å². The summed E-state index contributed by atoms with van der Waals surface area (Å²) in [5, 5.41) is 12.7. The number of aromatic nitrogens is 2. The van der Waals surface area contributed by atoms with Gasteiger partial charge in [0.05, 0.1) is 18.8 Å². The van der Waals surface area contributed by atoms with Crippen molar-refractivity contribution in [3.63, 3.8) is 0 Å². The number of aliphatic hydroxyl groups excluding tert-OH is 1. The number of benzene rings is 2. The number of rotatable bonds is 8. The molecule has 2 fully saturated rings. The van der Waals surface area contributed by atoms with E-state index in [1.54, 1.807) is 42.7 Å². The summed E-state index contributed by atoms with van der Waals surface area (Å²) in [5.74, 6) is -2.15. The second-order valence-corrected chi connectivity index (χ2v) is 10.9. The van der Waals surface area contributed by atoms with Crippen molar-refractivity contribution < 1.29 is 37.3 Å². The molecule has 4 atom stereocenters. The van der Waals surface area contributed by atoms with Gasteiger partial charge in [-0.2, -0.15) is 13.2 Å². The van der Waals surface area contributed by atoms with E-state index < -0.39 is 30.3 Å². The fourth-order valence-electron chi connectivity index (χ4n) is 4.98. The van der Waals surface area contributed by atoms with Crippen molar-refractivity contribution in [3.8, 4) is 0 Å². The fraction of sp³-hybridized carbons (Fsp3) is 0.379. The Morgan fingerprint density at radius 1 is 1.05 bits per heavy atom. The Labute approximate surface area is 244 Å². The number of amides is 2. The third-order valence-corrected chi connectivity index (χ3v) is 8.05. The molecule has 3 aromatic rings. The van der Waals surface area contributed by atoms with Crippen molar-refractivity contribution in [2.24, 2.45) is 0 Å². The molecule has 0 saturated carbocycles. The summed E-state index contributed by atoms with van der Waals surface area (Å²) >= 11 is 1.45. The zero-order valence-electron chi connectivity index (χ0n) is 22.4. The van der Waals surface area contributed by atoms with Crippen LogP contribution in [0.25, 0.3) is 0 Å². The van der Waals surface area contributed by atoms with Gasteiger partial charge in [-0.05, 0) is 42.2 Å². The Kier molecular flexibility index (Phi) is 9.41. The van der Waals surface area contributed by atoms with Crippen LogP contribution < -0.4 is 5.32 Å². The summed E-state index contributed by atoms with van der Waals surface area (Å²) in [5.41, 5.74) is 2.63. The monoisotopic (exact) mass is 602 g/mol. The Morgan fingerprint density at radius 3 is 2.52 bits per heavy atom. The number of anilines is 1. The van der Waals surface area contributed by atoms with Gasteiger partial charge in [0.2, 0.25) is 5.91 Å². The number of aliphatic hydroxyl groups is 1. The lowest BCUT2D eigenvalue weighted by molar-refractivity contribution is -0.245. The molecule has 13 heteroatoms. The Balaban J connectivity index is 1.32. The number of nitrogens with zero attached hydrogens (tertiary/aromatic N) is 3. The number of hydrogen-bond acceptors (Lipinski definition) is 8. The van der Waals surface area contributed by atoms with Crippen LogP contribution in [0.2, 0.25) is 0 Å². The van der Waals surface area contributed by atoms with Crippen molar-refractivity contribution in [3.05, 3.63) is 83.7 Å².